The third kappa shape index (κ3) is 6.71. The summed E-state index contributed by atoms with van der Waals surface area (Å²) in [5.74, 6) is -1.07. The minimum atomic E-state index is -4.01. The van der Waals surface area contributed by atoms with Gasteiger partial charge in [0.2, 0.25) is 0 Å². The summed E-state index contributed by atoms with van der Waals surface area (Å²) >= 11 is 1.50. The third-order valence-electron chi connectivity index (χ3n) is 4.99. The molecule has 0 bridgehead atoms. The third-order valence-corrected chi connectivity index (χ3v) is 7.52. The van der Waals surface area contributed by atoms with E-state index in [1.807, 2.05) is 13.2 Å². The van der Waals surface area contributed by atoms with E-state index in [-0.39, 0.29) is 4.90 Å². The predicted molar refractivity (Wildman–Crippen MR) is 137 cm³/mol. The molecule has 0 saturated heterocycles. The number of carbonyl (C=O) groups excluding carboxylic acids is 2. The van der Waals surface area contributed by atoms with Gasteiger partial charge in [-0.2, -0.15) is 5.10 Å². The van der Waals surface area contributed by atoms with Crippen molar-refractivity contribution in [3.05, 3.63) is 89.5 Å². The molecule has 0 saturated carbocycles. The molecule has 0 fully saturated rings. The van der Waals surface area contributed by atoms with Crippen LogP contribution in [0.15, 0.2) is 87.7 Å². The fourth-order valence-corrected chi connectivity index (χ4v) is 4.90. The van der Waals surface area contributed by atoms with Gasteiger partial charge in [-0.15, -0.1) is 11.8 Å². The van der Waals surface area contributed by atoms with Crippen LogP contribution >= 0.6 is 11.8 Å². The summed E-state index contributed by atoms with van der Waals surface area (Å²) in [7, 11) is -2.71. The number of benzene rings is 3. The van der Waals surface area contributed by atoms with Crippen molar-refractivity contribution in [2.45, 2.75) is 16.7 Å². The summed E-state index contributed by atoms with van der Waals surface area (Å²) in [5, 5.41) is 3.91. The Hall–Kier alpha value is -3.63. The minimum absolute atomic E-state index is 0.0814. The predicted octanol–water partition coefficient (Wildman–Crippen LogP) is 3.85. The van der Waals surface area contributed by atoms with Gasteiger partial charge in [0, 0.05) is 4.90 Å². The van der Waals surface area contributed by atoms with Crippen molar-refractivity contribution in [3.63, 3.8) is 0 Å². The smallest absolute Gasteiger partial charge is 0.337 e. The molecule has 0 atom stereocenters. The second-order valence-corrected chi connectivity index (χ2v) is 10.2. The molecule has 182 valence electrons. The Morgan fingerprint density at radius 1 is 1.00 bits per heavy atom. The van der Waals surface area contributed by atoms with Gasteiger partial charge in [0.25, 0.3) is 15.9 Å². The average molecular weight is 512 g/mol. The molecule has 35 heavy (non-hydrogen) atoms. The Bertz CT molecular complexity index is 1300. The highest BCUT2D eigenvalue weighted by Gasteiger charge is 2.27. The number of nitrogens with zero attached hydrogens (tertiary/aromatic N) is 2. The highest BCUT2D eigenvalue weighted by atomic mass is 32.2. The highest BCUT2D eigenvalue weighted by Crippen LogP contribution is 2.25. The molecule has 3 aromatic carbocycles. The first-order valence-electron chi connectivity index (χ1n) is 10.5. The summed E-state index contributed by atoms with van der Waals surface area (Å²) in [6.45, 7) is 1.43. The van der Waals surface area contributed by atoms with E-state index in [0.29, 0.717) is 16.8 Å². The van der Waals surface area contributed by atoms with Crippen LogP contribution in [0, 0.1) is 6.92 Å². The number of hydrazone groups is 1. The van der Waals surface area contributed by atoms with E-state index in [2.05, 4.69) is 15.3 Å². The number of anilines is 1. The van der Waals surface area contributed by atoms with Crippen molar-refractivity contribution in [3.8, 4) is 0 Å². The van der Waals surface area contributed by atoms with Crippen LogP contribution in [0.5, 0.6) is 0 Å². The summed E-state index contributed by atoms with van der Waals surface area (Å²) < 4.78 is 32.6. The first kappa shape index (κ1) is 26.0. The number of carbonyl (C=O) groups is 2. The number of ether oxygens (including phenoxy) is 1. The number of nitrogens with one attached hydrogen (secondary N) is 1. The number of aryl methyl sites for hydroxylation is 1. The lowest BCUT2D eigenvalue weighted by Crippen LogP contribution is -2.39. The normalized spacial score (nSPS) is 11.3. The summed E-state index contributed by atoms with van der Waals surface area (Å²) in [4.78, 5) is 25.2. The largest absolute Gasteiger partial charge is 0.465 e. The molecule has 10 heteroatoms. The summed E-state index contributed by atoms with van der Waals surface area (Å²) in [6.07, 6.45) is 3.30. The Balaban J connectivity index is 1.78. The molecule has 0 aromatic heterocycles. The van der Waals surface area contributed by atoms with Crippen molar-refractivity contribution in [2.24, 2.45) is 5.10 Å². The molecule has 0 spiro atoms. The maximum atomic E-state index is 13.4. The fourth-order valence-electron chi connectivity index (χ4n) is 3.07. The van der Waals surface area contributed by atoms with Crippen LogP contribution in [0.25, 0.3) is 0 Å². The van der Waals surface area contributed by atoms with E-state index in [4.69, 9.17) is 0 Å². The minimum Gasteiger partial charge on any atom is -0.465 e. The van der Waals surface area contributed by atoms with Gasteiger partial charge < -0.3 is 4.74 Å². The van der Waals surface area contributed by atoms with Crippen LogP contribution in [0.4, 0.5) is 5.69 Å². The molecule has 0 aliphatic heterocycles. The number of amides is 1. The molecule has 0 aliphatic carbocycles. The number of rotatable bonds is 9. The summed E-state index contributed by atoms with van der Waals surface area (Å²) in [6, 6.07) is 19.8. The Kier molecular flexibility index (Phi) is 8.67. The number of thioether (sulfide) groups is 1. The molecule has 0 heterocycles. The van der Waals surface area contributed by atoms with Gasteiger partial charge in [0.05, 0.1) is 29.5 Å². The molecular formula is C25H25N3O5S2. The first-order valence-corrected chi connectivity index (χ1v) is 13.1. The maximum Gasteiger partial charge on any atom is 0.337 e. The zero-order valence-electron chi connectivity index (χ0n) is 19.5. The molecular weight excluding hydrogens is 486 g/mol. The van der Waals surface area contributed by atoms with Crippen molar-refractivity contribution < 1.29 is 22.7 Å². The van der Waals surface area contributed by atoms with Crippen LogP contribution in [0.2, 0.25) is 0 Å². The standard InChI is InChI=1S/C25H25N3O5S2/c1-18-4-10-21(11-5-18)28(35(31,32)23-14-12-22(34-3)13-15-23)17-24(29)27-26-16-19-6-8-20(9-7-19)25(30)33-2/h4-16H,17H2,1-3H3,(H,27,29)/b26-16-. The van der Waals surface area contributed by atoms with Gasteiger partial charge in [-0.3, -0.25) is 9.10 Å². The molecule has 3 aromatic rings. The lowest BCUT2D eigenvalue weighted by Gasteiger charge is -2.24. The molecule has 1 amide bonds. The molecule has 0 radical (unpaired) electrons. The van der Waals surface area contributed by atoms with Crippen LogP contribution < -0.4 is 9.73 Å². The first-order chi connectivity index (χ1) is 16.7. The number of methoxy groups -OCH3 is 1. The van der Waals surface area contributed by atoms with E-state index in [1.54, 1.807) is 60.7 Å². The lowest BCUT2D eigenvalue weighted by atomic mass is 10.1. The fraction of sp³-hybridized carbons (Fsp3) is 0.160. The van der Waals surface area contributed by atoms with Crippen LogP contribution in [0.1, 0.15) is 21.5 Å². The van der Waals surface area contributed by atoms with Crippen LogP contribution in [-0.4, -0.2) is 46.4 Å². The number of esters is 1. The van der Waals surface area contributed by atoms with Crippen molar-refractivity contribution in [1.82, 2.24) is 5.43 Å². The second-order valence-electron chi connectivity index (χ2n) is 7.43. The van der Waals surface area contributed by atoms with E-state index in [9.17, 15) is 18.0 Å². The Labute approximate surface area is 209 Å². The van der Waals surface area contributed by atoms with Gasteiger partial charge in [0.15, 0.2) is 0 Å². The van der Waals surface area contributed by atoms with Gasteiger partial charge in [-0.1, -0.05) is 29.8 Å². The number of hydrogen-bond donors (Lipinski definition) is 1. The molecule has 0 aliphatic rings. The van der Waals surface area contributed by atoms with Gasteiger partial charge in [-0.25, -0.2) is 18.6 Å². The zero-order valence-corrected chi connectivity index (χ0v) is 21.1. The van der Waals surface area contributed by atoms with E-state index >= 15 is 0 Å². The topological polar surface area (TPSA) is 105 Å². The highest BCUT2D eigenvalue weighted by molar-refractivity contribution is 7.98. The Morgan fingerprint density at radius 3 is 2.20 bits per heavy atom. The zero-order chi connectivity index (χ0) is 25.4. The van der Waals surface area contributed by atoms with Gasteiger partial charge in [0.1, 0.15) is 6.54 Å². The molecule has 3 rings (SSSR count). The van der Waals surface area contributed by atoms with Crippen molar-refractivity contribution >= 4 is 45.6 Å². The van der Waals surface area contributed by atoms with Crippen LogP contribution in [0.3, 0.4) is 0 Å². The number of sulfonamides is 1. The quantitative estimate of drug-likeness (QED) is 0.203. The van der Waals surface area contributed by atoms with Crippen LogP contribution in [-0.2, 0) is 19.6 Å². The molecule has 0 unspecified atom stereocenters. The average Bonchev–Trinajstić information content (AvgIpc) is 2.88. The van der Waals surface area contributed by atoms with Gasteiger partial charge in [-0.05, 0) is 67.3 Å². The SMILES string of the molecule is COC(=O)c1ccc(/C=N\NC(=O)CN(c2ccc(C)cc2)S(=O)(=O)c2ccc(SC)cc2)cc1. The lowest BCUT2D eigenvalue weighted by molar-refractivity contribution is -0.119. The van der Waals surface area contributed by atoms with E-state index in [0.717, 1.165) is 14.8 Å². The Morgan fingerprint density at radius 2 is 1.63 bits per heavy atom. The second kappa shape index (κ2) is 11.7. The maximum absolute atomic E-state index is 13.4. The molecule has 1 N–H and O–H groups in total. The molecule has 8 nitrogen and oxygen atoms in total. The van der Waals surface area contributed by atoms with Crippen molar-refractivity contribution in [2.75, 3.05) is 24.2 Å². The van der Waals surface area contributed by atoms with Crippen molar-refractivity contribution in [1.29, 1.82) is 0 Å². The van der Waals surface area contributed by atoms with E-state index in [1.165, 1.54) is 37.2 Å². The number of hydrogen-bond acceptors (Lipinski definition) is 7. The van der Waals surface area contributed by atoms with E-state index < -0.39 is 28.4 Å². The monoisotopic (exact) mass is 511 g/mol. The van der Waals surface area contributed by atoms with Gasteiger partial charge >= 0.3 is 5.97 Å². The summed E-state index contributed by atoms with van der Waals surface area (Å²) in [5.41, 5.74) is 4.71.